The van der Waals surface area contributed by atoms with Gasteiger partial charge in [-0.2, -0.15) is 0 Å². The van der Waals surface area contributed by atoms with Crippen LogP contribution in [0, 0.1) is 0 Å². The van der Waals surface area contributed by atoms with Crippen molar-refractivity contribution in [2.45, 2.75) is 32.7 Å². The van der Waals surface area contributed by atoms with E-state index in [0.29, 0.717) is 31.8 Å². The van der Waals surface area contributed by atoms with Crippen LogP contribution in [0.15, 0.2) is 18.2 Å². The molecule has 10 nitrogen and oxygen atoms in total. The number of carbonyl (C=O) groups is 3. The fourth-order valence-electron chi connectivity index (χ4n) is 4.55. The molecule has 3 amide bonds. The third kappa shape index (κ3) is 5.49. The summed E-state index contributed by atoms with van der Waals surface area (Å²) in [5.41, 5.74) is 2.54. The highest BCUT2D eigenvalue weighted by Gasteiger charge is 2.23. The molecule has 0 unspecified atom stereocenters. The number of nitrogens with zero attached hydrogens (tertiary/aromatic N) is 5. The van der Waals surface area contributed by atoms with E-state index in [1.807, 2.05) is 30.1 Å². The molecule has 2 fully saturated rings. The third-order valence-corrected chi connectivity index (χ3v) is 6.55. The van der Waals surface area contributed by atoms with Gasteiger partial charge >= 0.3 is 12.0 Å². The zero-order valence-corrected chi connectivity index (χ0v) is 20.1. The molecule has 10 heteroatoms. The van der Waals surface area contributed by atoms with Gasteiger partial charge in [-0.1, -0.05) is 0 Å². The van der Waals surface area contributed by atoms with E-state index in [9.17, 15) is 14.4 Å². The standard InChI is InChI=1S/C24H34N6O4/c1-3-34-22(31)8-9-25-24(33)30-14-12-28(13-15-30)17-21-26-19-16-18(6-7-20(19)27(21)2)23(32)29-10-4-5-11-29/h6-7,16H,3-5,8-15,17H2,1-2H3,(H,25,33). The van der Waals surface area contributed by atoms with Crippen LogP contribution in [0.5, 0.6) is 0 Å². The summed E-state index contributed by atoms with van der Waals surface area (Å²) in [6, 6.07) is 5.63. The van der Waals surface area contributed by atoms with Crippen LogP contribution in [0.2, 0.25) is 0 Å². The first-order chi connectivity index (χ1) is 16.5. The van der Waals surface area contributed by atoms with Crippen molar-refractivity contribution in [2.75, 3.05) is 52.4 Å². The van der Waals surface area contributed by atoms with Gasteiger partial charge in [-0.3, -0.25) is 14.5 Å². The van der Waals surface area contributed by atoms with Crippen LogP contribution in [0.25, 0.3) is 11.0 Å². The van der Waals surface area contributed by atoms with E-state index >= 15 is 0 Å². The summed E-state index contributed by atoms with van der Waals surface area (Å²) < 4.78 is 6.95. The number of benzene rings is 1. The number of hydrogen-bond acceptors (Lipinski definition) is 6. The smallest absolute Gasteiger partial charge is 0.317 e. The minimum absolute atomic E-state index is 0.0863. The second-order valence-corrected chi connectivity index (χ2v) is 8.84. The van der Waals surface area contributed by atoms with Crippen LogP contribution in [-0.4, -0.2) is 94.6 Å². The van der Waals surface area contributed by atoms with Crippen LogP contribution in [0.4, 0.5) is 4.79 Å². The Bertz CT molecular complexity index is 1040. The molecule has 3 heterocycles. The van der Waals surface area contributed by atoms with Gasteiger partial charge in [0.05, 0.1) is 30.6 Å². The second kappa shape index (κ2) is 10.9. The van der Waals surface area contributed by atoms with Gasteiger partial charge in [0.2, 0.25) is 0 Å². The number of imidazole rings is 1. The molecule has 2 aromatic rings. The largest absolute Gasteiger partial charge is 0.466 e. The molecule has 2 aliphatic rings. The number of hydrogen-bond donors (Lipinski definition) is 1. The lowest BCUT2D eigenvalue weighted by Gasteiger charge is -2.34. The maximum absolute atomic E-state index is 12.7. The molecule has 34 heavy (non-hydrogen) atoms. The van der Waals surface area contributed by atoms with Crippen molar-refractivity contribution in [1.29, 1.82) is 0 Å². The average Bonchev–Trinajstić information content (AvgIpc) is 3.48. The van der Waals surface area contributed by atoms with Gasteiger partial charge in [0.1, 0.15) is 5.82 Å². The Morgan fingerprint density at radius 1 is 1.03 bits per heavy atom. The first-order valence-corrected chi connectivity index (χ1v) is 12.1. The van der Waals surface area contributed by atoms with E-state index in [0.717, 1.165) is 55.9 Å². The first-order valence-electron chi connectivity index (χ1n) is 12.1. The summed E-state index contributed by atoms with van der Waals surface area (Å²) in [6.45, 7) is 7.45. The minimum Gasteiger partial charge on any atom is -0.466 e. The number of aromatic nitrogens is 2. The summed E-state index contributed by atoms with van der Waals surface area (Å²) in [5, 5.41) is 2.79. The van der Waals surface area contributed by atoms with Gasteiger partial charge < -0.3 is 24.4 Å². The van der Waals surface area contributed by atoms with E-state index in [4.69, 9.17) is 9.72 Å². The topological polar surface area (TPSA) is 100 Å². The van der Waals surface area contributed by atoms with Crippen LogP contribution >= 0.6 is 0 Å². The summed E-state index contributed by atoms with van der Waals surface area (Å²) >= 11 is 0. The number of ether oxygens (including phenoxy) is 1. The zero-order valence-electron chi connectivity index (χ0n) is 20.1. The quantitative estimate of drug-likeness (QED) is 0.617. The van der Waals surface area contributed by atoms with E-state index < -0.39 is 0 Å². The van der Waals surface area contributed by atoms with E-state index in [2.05, 4.69) is 14.8 Å². The van der Waals surface area contributed by atoms with Gasteiger partial charge in [0.25, 0.3) is 5.91 Å². The Hall–Kier alpha value is -3.14. The Morgan fingerprint density at radius 3 is 2.47 bits per heavy atom. The first kappa shape index (κ1) is 24.0. The fraction of sp³-hybridized carbons (Fsp3) is 0.583. The molecule has 0 radical (unpaired) electrons. The van der Waals surface area contributed by atoms with Crippen molar-refractivity contribution in [2.24, 2.45) is 7.05 Å². The number of carbonyl (C=O) groups excluding carboxylic acids is 3. The number of fused-ring (bicyclic) bond motifs is 1. The van der Waals surface area contributed by atoms with Crippen LogP contribution in [-0.2, 0) is 23.1 Å². The number of esters is 1. The molecule has 2 saturated heterocycles. The van der Waals surface area contributed by atoms with Gasteiger partial charge in [0, 0.05) is 58.4 Å². The number of likely N-dealkylation sites (tertiary alicyclic amines) is 1. The van der Waals surface area contributed by atoms with Gasteiger partial charge in [-0.25, -0.2) is 9.78 Å². The van der Waals surface area contributed by atoms with Gasteiger partial charge in [-0.05, 0) is 38.0 Å². The fourth-order valence-corrected chi connectivity index (χ4v) is 4.55. The van der Waals surface area contributed by atoms with Crippen molar-refractivity contribution in [3.05, 3.63) is 29.6 Å². The third-order valence-electron chi connectivity index (χ3n) is 6.55. The molecular weight excluding hydrogens is 436 g/mol. The predicted octanol–water partition coefficient (Wildman–Crippen LogP) is 1.59. The molecule has 1 aromatic carbocycles. The molecule has 0 spiro atoms. The number of urea groups is 1. The van der Waals surface area contributed by atoms with E-state index in [1.54, 1.807) is 11.8 Å². The highest BCUT2D eigenvalue weighted by molar-refractivity contribution is 5.97. The lowest BCUT2D eigenvalue weighted by atomic mass is 10.2. The molecule has 184 valence electrons. The second-order valence-electron chi connectivity index (χ2n) is 8.84. The highest BCUT2D eigenvalue weighted by atomic mass is 16.5. The van der Waals surface area contributed by atoms with Crippen LogP contribution in [0.3, 0.4) is 0 Å². The van der Waals surface area contributed by atoms with Crippen LogP contribution in [0.1, 0.15) is 42.4 Å². The van der Waals surface area contributed by atoms with Crippen LogP contribution < -0.4 is 5.32 Å². The van der Waals surface area contributed by atoms with Crippen molar-refractivity contribution in [1.82, 2.24) is 29.6 Å². The monoisotopic (exact) mass is 470 g/mol. The van der Waals surface area contributed by atoms with Crippen molar-refractivity contribution in [3.8, 4) is 0 Å². The lowest BCUT2D eigenvalue weighted by Crippen LogP contribution is -2.51. The molecule has 0 saturated carbocycles. The Balaban J connectivity index is 1.30. The zero-order chi connectivity index (χ0) is 24.1. The number of nitrogens with one attached hydrogen (secondary N) is 1. The lowest BCUT2D eigenvalue weighted by molar-refractivity contribution is -0.142. The molecule has 2 aliphatic heterocycles. The summed E-state index contributed by atoms with van der Waals surface area (Å²) in [6.07, 6.45) is 2.33. The highest BCUT2D eigenvalue weighted by Crippen LogP contribution is 2.21. The summed E-state index contributed by atoms with van der Waals surface area (Å²) in [7, 11) is 2.00. The van der Waals surface area contributed by atoms with E-state index in [1.165, 1.54) is 0 Å². The minimum atomic E-state index is -0.303. The molecule has 0 bridgehead atoms. The number of amides is 3. The van der Waals surface area contributed by atoms with Gasteiger partial charge in [-0.15, -0.1) is 0 Å². The maximum Gasteiger partial charge on any atom is 0.317 e. The summed E-state index contributed by atoms with van der Waals surface area (Å²) in [5.74, 6) is 0.721. The van der Waals surface area contributed by atoms with Crippen molar-refractivity contribution in [3.63, 3.8) is 0 Å². The van der Waals surface area contributed by atoms with Crippen molar-refractivity contribution >= 4 is 28.9 Å². The average molecular weight is 471 g/mol. The SMILES string of the molecule is CCOC(=O)CCNC(=O)N1CCN(Cc2nc3cc(C(=O)N4CCCC4)ccc3n2C)CC1. The number of piperazine rings is 1. The Kier molecular flexibility index (Phi) is 7.66. The maximum atomic E-state index is 12.7. The molecule has 0 aliphatic carbocycles. The van der Waals surface area contributed by atoms with Gasteiger partial charge in [0.15, 0.2) is 0 Å². The molecule has 1 aromatic heterocycles. The Morgan fingerprint density at radius 2 is 1.76 bits per heavy atom. The molecular formula is C24H34N6O4. The summed E-state index contributed by atoms with van der Waals surface area (Å²) in [4.78, 5) is 47.3. The normalized spacial score (nSPS) is 16.8. The molecule has 4 rings (SSSR count). The predicted molar refractivity (Wildman–Crippen MR) is 127 cm³/mol. The molecule has 0 atom stereocenters. The number of rotatable bonds is 7. The molecule has 1 N–H and O–H groups in total. The van der Waals surface area contributed by atoms with Crippen molar-refractivity contribution < 1.29 is 19.1 Å². The number of aryl methyl sites for hydroxylation is 1. The van der Waals surface area contributed by atoms with E-state index in [-0.39, 0.29) is 30.9 Å². The Labute approximate surface area is 199 Å².